The minimum atomic E-state index is -0.146. The van der Waals surface area contributed by atoms with Crippen molar-refractivity contribution < 1.29 is 9.31 Å². The van der Waals surface area contributed by atoms with Gasteiger partial charge in [0.1, 0.15) is 4.60 Å². The Morgan fingerprint density at radius 2 is 1.64 bits per heavy atom. The predicted molar refractivity (Wildman–Crippen MR) is 112 cm³/mol. The molecule has 1 aliphatic carbocycles. The van der Waals surface area contributed by atoms with Gasteiger partial charge in [0.15, 0.2) is 0 Å². The molecule has 1 aromatic rings. The summed E-state index contributed by atoms with van der Waals surface area (Å²) in [5, 5.41) is 0. The molecule has 0 N–H and O–H groups in total. The molecule has 25 heavy (non-hydrogen) atoms. The molecule has 6 heteroatoms. The summed E-state index contributed by atoms with van der Waals surface area (Å²) < 4.78 is 13.7. The quantitative estimate of drug-likeness (QED) is 0.367. The Hall–Kier alpha value is 0.0949. The van der Waals surface area contributed by atoms with Crippen molar-refractivity contribution >= 4 is 39.0 Å². The number of hydrogen-bond acceptors (Lipinski definition) is 3. The summed E-state index contributed by atoms with van der Waals surface area (Å²) in [4.78, 5) is 4.12. The zero-order valence-electron chi connectivity index (χ0n) is 16.5. The van der Waals surface area contributed by atoms with Gasteiger partial charge in [-0.3, -0.25) is 0 Å². The van der Waals surface area contributed by atoms with Crippen molar-refractivity contribution in [3.8, 4) is 0 Å². The first-order valence-corrected chi connectivity index (χ1v) is 10.6. The lowest BCUT2D eigenvalue weighted by Crippen LogP contribution is -2.41. The fourth-order valence-corrected chi connectivity index (χ4v) is 3.82. The smallest absolute Gasteiger partial charge is 0.403 e. The zero-order chi connectivity index (χ0) is 19.0. The van der Waals surface area contributed by atoms with Crippen molar-refractivity contribution in [2.45, 2.75) is 84.2 Å². The third-order valence-corrected chi connectivity index (χ3v) is 6.22. The minimum Gasteiger partial charge on any atom is -0.403 e. The van der Waals surface area contributed by atoms with Crippen molar-refractivity contribution in [3.63, 3.8) is 0 Å². The molecule has 2 aliphatic rings. The molecule has 0 amide bonds. The Morgan fingerprint density at radius 3 is 2.04 bits per heavy atom. The molecule has 1 saturated carbocycles. The van der Waals surface area contributed by atoms with Crippen LogP contribution in [0.25, 0.3) is 0 Å². The lowest BCUT2D eigenvalue weighted by Gasteiger charge is -2.32. The fraction of sp³-hybridized carbons (Fsp3) is 0.737. The summed E-state index contributed by atoms with van der Waals surface area (Å²) in [6, 6.07) is 2.05. The standard InChI is InChI=1S/C10H19BO2.C9H11Br2N/c1-9(2)10(3,4)13-11(12-9)7-8-5-6-8;1-9(2,3)6-4-8(11)12-5-7(6)10/h8H,5-7H2,1-4H3;4-5H,1-3H3. The van der Waals surface area contributed by atoms with Crippen molar-refractivity contribution in [2.24, 2.45) is 5.92 Å². The lowest BCUT2D eigenvalue weighted by atomic mass is 9.82. The van der Waals surface area contributed by atoms with E-state index >= 15 is 0 Å². The molecule has 0 radical (unpaired) electrons. The van der Waals surface area contributed by atoms with E-state index in [0.717, 1.165) is 21.3 Å². The van der Waals surface area contributed by atoms with Gasteiger partial charge in [0.25, 0.3) is 0 Å². The SMILES string of the molecule is CC(C)(C)c1cc(Br)ncc1Br.CC1(C)OB(CC2CC2)OC1(C)C. The number of hydrogen-bond donors (Lipinski definition) is 0. The van der Waals surface area contributed by atoms with E-state index in [-0.39, 0.29) is 23.7 Å². The molecule has 2 fully saturated rings. The second kappa shape index (κ2) is 7.61. The number of rotatable bonds is 2. The molecule has 0 unspecified atom stereocenters. The molecule has 0 aromatic carbocycles. The summed E-state index contributed by atoms with van der Waals surface area (Å²) in [6.45, 7) is 15.0. The molecule has 1 aromatic heterocycles. The summed E-state index contributed by atoms with van der Waals surface area (Å²) in [5.74, 6) is 0.870. The second-order valence-electron chi connectivity index (χ2n) is 9.10. The molecular formula is C19H30BBr2NO2. The monoisotopic (exact) mass is 473 g/mol. The molecule has 0 bridgehead atoms. The Bertz CT molecular complexity index is 594. The van der Waals surface area contributed by atoms with Crippen molar-refractivity contribution in [2.75, 3.05) is 0 Å². The highest BCUT2D eigenvalue weighted by Gasteiger charge is 2.51. The Labute approximate surface area is 170 Å². The predicted octanol–water partition coefficient (Wildman–Crippen LogP) is 6.39. The van der Waals surface area contributed by atoms with E-state index in [1.807, 2.05) is 12.3 Å². The van der Waals surface area contributed by atoms with Crippen LogP contribution in [0.1, 0.15) is 66.9 Å². The summed E-state index contributed by atoms with van der Waals surface area (Å²) in [5.41, 5.74) is 1.13. The Balaban J connectivity index is 0.000000181. The van der Waals surface area contributed by atoms with Crippen molar-refractivity contribution in [1.82, 2.24) is 4.98 Å². The fourth-order valence-electron chi connectivity index (χ4n) is 2.67. The first kappa shape index (κ1) is 21.4. The largest absolute Gasteiger partial charge is 0.458 e. The second-order valence-corrected chi connectivity index (χ2v) is 10.8. The van der Waals surface area contributed by atoms with Gasteiger partial charge in [-0.2, -0.15) is 0 Å². The van der Waals surface area contributed by atoms with Gasteiger partial charge < -0.3 is 9.31 Å². The molecule has 2 heterocycles. The van der Waals surface area contributed by atoms with Gasteiger partial charge in [-0.1, -0.05) is 33.6 Å². The number of aromatic nitrogens is 1. The van der Waals surface area contributed by atoms with Crippen LogP contribution >= 0.6 is 31.9 Å². The van der Waals surface area contributed by atoms with Crippen LogP contribution in [0.3, 0.4) is 0 Å². The van der Waals surface area contributed by atoms with E-state index in [1.54, 1.807) is 0 Å². The third-order valence-electron chi connectivity index (χ3n) is 5.15. The molecule has 0 spiro atoms. The topological polar surface area (TPSA) is 31.4 Å². The molecule has 3 nitrogen and oxygen atoms in total. The molecule has 1 aliphatic heterocycles. The average molecular weight is 475 g/mol. The van der Waals surface area contributed by atoms with Crippen LogP contribution in [-0.2, 0) is 14.7 Å². The van der Waals surface area contributed by atoms with Crippen LogP contribution in [0.4, 0.5) is 0 Å². The molecule has 0 atom stereocenters. The molecule has 1 saturated heterocycles. The normalized spacial score (nSPS) is 21.7. The summed E-state index contributed by atoms with van der Waals surface area (Å²) in [7, 11) is 0.0394. The number of nitrogens with zero attached hydrogens (tertiary/aromatic N) is 1. The van der Waals surface area contributed by atoms with Crippen LogP contribution in [0.2, 0.25) is 6.32 Å². The van der Waals surface area contributed by atoms with Crippen LogP contribution in [0, 0.1) is 5.92 Å². The van der Waals surface area contributed by atoms with Gasteiger partial charge in [0.05, 0.1) is 11.2 Å². The van der Waals surface area contributed by atoms with Gasteiger partial charge >= 0.3 is 7.12 Å². The maximum Gasteiger partial charge on any atom is 0.458 e. The van der Waals surface area contributed by atoms with Gasteiger partial charge in [-0.25, -0.2) is 4.98 Å². The van der Waals surface area contributed by atoms with E-state index in [9.17, 15) is 0 Å². The van der Waals surface area contributed by atoms with E-state index < -0.39 is 0 Å². The van der Waals surface area contributed by atoms with Gasteiger partial charge in [0.2, 0.25) is 0 Å². The molecule has 140 valence electrons. The first-order chi connectivity index (χ1) is 11.3. The van der Waals surface area contributed by atoms with Crippen LogP contribution in [0.15, 0.2) is 21.3 Å². The Morgan fingerprint density at radius 1 is 1.12 bits per heavy atom. The van der Waals surface area contributed by atoms with Crippen molar-refractivity contribution in [1.29, 1.82) is 0 Å². The van der Waals surface area contributed by atoms with Gasteiger partial charge in [-0.05, 0) is 88.8 Å². The van der Waals surface area contributed by atoms with Gasteiger partial charge in [0, 0.05) is 10.7 Å². The lowest BCUT2D eigenvalue weighted by molar-refractivity contribution is 0.00578. The summed E-state index contributed by atoms with van der Waals surface area (Å²) in [6.07, 6.45) is 5.64. The van der Waals surface area contributed by atoms with Gasteiger partial charge in [-0.15, -0.1) is 0 Å². The zero-order valence-corrected chi connectivity index (χ0v) is 19.6. The highest BCUT2D eigenvalue weighted by atomic mass is 79.9. The van der Waals surface area contributed by atoms with Crippen LogP contribution < -0.4 is 0 Å². The Kier molecular flexibility index (Phi) is 6.51. The number of halogens is 2. The average Bonchev–Trinajstić information content (AvgIpc) is 3.20. The minimum absolute atomic E-state index is 0.0394. The highest BCUT2D eigenvalue weighted by Crippen LogP contribution is 2.42. The van der Waals surface area contributed by atoms with Crippen LogP contribution in [0.5, 0.6) is 0 Å². The van der Waals surface area contributed by atoms with Crippen LogP contribution in [-0.4, -0.2) is 23.3 Å². The van der Waals surface area contributed by atoms with E-state index in [4.69, 9.17) is 9.31 Å². The molecule has 3 rings (SSSR count). The van der Waals surface area contributed by atoms with Crippen molar-refractivity contribution in [3.05, 3.63) is 26.9 Å². The molecular weight excluding hydrogens is 445 g/mol. The maximum absolute atomic E-state index is 5.89. The van der Waals surface area contributed by atoms with E-state index in [1.165, 1.54) is 18.4 Å². The van der Waals surface area contributed by atoms with E-state index in [2.05, 4.69) is 85.3 Å². The summed E-state index contributed by atoms with van der Waals surface area (Å²) >= 11 is 6.84. The maximum atomic E-state index is 5.89. The third kappa shape index (κ3) is 5.78. The number of pyridine rings is 1. The first-order valence-electron chi connectivity index (χ1n) is 8.99. The van der Waals surface area contributed by atoms with E-state index in [0.29, 0.717) is 0 Å². The highest BCUT2D eigenvalue weighted by molar-refractivity contribution is 9.11.